The molecule has 0 saturated heterocycles. The molecule has 0 N–H and O–H groups in total. The van der Waals surface area contributed by atoms with Gasteiger partial charge in [0.05, 0.1) is 11.5 Å². The number of aromatic nitrogens is 2. The van der Waals surface area contributed by atoms with Crippen molar-refractivity contribution in [3.63, 3.8) is 0 Å². The van der Waals surface area contributed by atoms with Crippen molar-refractivity contribution in [2.75, 3.05) is 0 Å². The summed E-state index contributed by atoms with van der Waals surface area (Å²) in [6.45, 7) is 0.757. The zero-order valence-electron chi connectivity index (χ0n) is 12.6. The van der Waals surface area contributed by atoms with E-state index in [0.29, 0.717) is 23.9 Å². The molecule has 3 rings (SSSR count). The number of benzene rings is 2. The van der Waals surface area contributed by atoms with Crippen molar-refractivity contribution in [3.8, 4) is 5.75 Å². The molecule has 0 saturated carbocycles. The van der Waals surface area contributed by atoms with Gasteiger partial charge in [0.2, 0.25) is 0 Å². The van der Waals surface area contributed by atoms with Crippen LogP contribution in [0.4, 0.5) is 5.69 Å². The van der Waals surface area contributed by atoms with E-state index in [1.54, 1.807) is 18.2 Å². The second-order valence-electron chi connectivity index (χ2n) is 5.18. The molecule has 0 aliphatic heterocycles. The lowest BCUT2D eigenvalue weighted by Crippen LogP contribution is -2.04. The van der Waals surface area contributed by atoms with Crippen molar-refractivity contribution in [1.82, 2.24) is 9.78 Å². The van der Waals surface area contributed by atoms with Crippen LogP contribution in [0, 0.1) is 10.1 Å². The van der Waals surface area contributed by atoms with Crippen LogP contribution in [0.1, 0.15) is 11.1 Å². The minimum Gasteiger partial charge on any atom is -0.489 e. The van der Waals surface area contributed by atoms with Crippen LogP contribution in [0.5, 0.6) is 5.75 Å². The average Bonchev–Trinajstić information content (AvgIpc) is 3.04. The van der Waals surface area contributed by atoms with E-state index in [2.05, 4.69) is 5.10 Å². The van der Waals surface area contributed by atoms with Gasteiger partial charge in [0.15, 0.2) is 0 Å². The van der Waals surface area contributed by atoms with E-state index in [1.807, 2.05) is 30.3 Å². The first-order valence-electron chi connectivity index (χ1n) is 7.24. The van der Waals surface area contributed by atoms with E-state index in [4.69, 9.17) is 16.3 Å². The van der Waals surface area contributed by atoms with Gasteiger partial charge in [0.25, 0.3) is 0 Å². The predicted octanol–water partition coefficient (Wildman–Crippen LogP) is 4.07. The fraction of sp³-hybridized carbons (Fsp3) is 0.118. The van der Waals surface area contributed by atoms with Crippen LogP contribution in [0.2, 0.25) is 5.02 Å². The van der Waals surface area contributed by atoms with Gasteiger partial charge in [-0.15, -0.1) is 0 Å². The third-order valence-corrected chi connectivity index (χ3v) is 3.66. The molecule has 0 unspecified atom stereocenters. The molecule has 0 bridgehead atoms. The van der Waals surface area contributed by atoms with Crippen LogP contribution in [-0.2, 0) is 13.2 Å². The van der Waals surface area contributed by atoms with Gasteiger partial charge in [-0.1, -0.05) is 41.9 Å². The van der Waals surface area contributed by atoms with Crippen LogP contribution >= 0.6 is 11.6 Å². The maximum atomic E-state index is 10.8. The van der Waals surface area contributed by atoms with Gasteiger partial charge in [-0.05, 0) is 23.8 Å². The lowest BCUT2D eigenvalue weighted by Gasteiger charge is -2.12. The van der Waals surface area contributed by atoms with Crippen LogP contribution in [-0.4, -0.2) is 14.7 Å². The summed E-state index contributed by atoms with van der Waals surface area (Å²) in [7, 11) is 0. The highest BCUT2D eigenvalue weighted by atomic mass is 35.5. The van der Waals surface area contributed by atoms with Crippen molar-refractivity contribution in [2.45, 2.75) is 13.2 Å². The van der Waals surface area contributed by atoms with Crippen molar-refractivity contribution < 1.29 is 9.66 Å². The van der Waals surface area contributed by atoms with E-state index in [9.17, 15) is 10.1 Å². The summed E-state index contributed by atoms with van der Waals surface area (Å²) in [6.07, 6.45) is 2.59. The number of nitro groups is 1. The molecule has 24 heavy (non-hydrogen) atoms. The number of halogens is 1. The highest BCUT2D eigenvalue weighted by molar-refractivity contribution is 6.30. The highest BCUT2D eigenvalue weighted by Crippen LogP contribution is 2.25. The fourth-order valence-electron chi connectivity index (χ4n) is 2.26. The SMILES string of the molecule is O=[N+]([O-])c1cnn(Cc2cc(Cl)ccc2OCc2ccccc2)c1. The third-order valence-electron chi connectivity index (χ3n) is 3.42. The Bertz CT molecular complexity index is 849. The van der Waals surface area contributed by atoms with Crippen molar-refractivity contribution >= 4 is 17.3 Å². The van der Waals surface area contributed by atoms with E-state index in [-0.39, 0.29) is 5.69 Å². The van der Waals surface area contributed by atoms with Gasteiger partial charge in [0.1, 0.15) is 24.8 Å². The minimum atomic E-state index is -0.478. The number of ether oxygens (including phenoxy) is 1. The zero-order chi connectivity index (χ0) is 16.9. The molecule has 7 heteroatoms. The molecule has 2 aromatic carbocycles. The van der Waals surface area contributed by atoms with Crippen molar-refractivity contribution in [3.05, 3.63) is 87.2 Å². The molecule has 122 valence electrons. The molecule has 1 aromatic heterocycles. The molecule has 1 heterocycles. The number of hydrogen-bond donors (Lipinski definition) is 0. The molecule has 0 aliphatic rings. The fourth-order valence-corrected chi connectivity index (χ4v) is 2.45. The number of rotatable bonds is 6. The normalized spacial score (nSPS) is 10.5. The molecule has 0 atom stereocenters. The molecular weight excluding hydrogens is 330 g/mol. The second-order valence-corrected chi connectivity index (χ2v) is 5.62. The number of hydrogen-bond acceptors (Lipinski definition) is 4. The van der Waals surface area contributed by atoms with E-state index in [0.717, 1.165) is 11.1 Å². The summed E-state index contributed by atoms with van der Waals surface area (Å²) in [4.78, 5) is 10.3. The quantitative estimate of drug-likeness (QED) is 0.499. The zero-order valence-corrected chi connectivity index (χ0v) is 13.4. The van der Waals surface area contributed by atoms with E-state index < -0.39 is 4.92 Å². The Morgan fingerprint density at radius 1 is 1.21 bits per heavy atom. The summed E-state index contributed by atoms with van der Waals surface area (Å²) in [5.41, 5.74) is 1.80. The monoisotopic (exact) mass is 343 g/mol. The maximum absolute atomic E-state index is 10.8. The van der Waals surface area contributed by atoms with Gasteiger partial charge in [-0.3, -0.25) is 14.8 Å². The predicted molar refractivity (Wildman–Crippen MR) is 90.2 cm³/mol. The van der Waals surface area contributed by atoms with Crippen LogP contribution in [0.3, 0.4) is 0 Å². The minimum absolute atomic E-state index is 0.0521. The van der Waals surface area contributed by atoms with E-state index >= 15 is 0 Å². The number of nitrogens with zero attached hydrogens (tertiary/aromatic N) is 3. The lowest BCUT2D eigenvalue weighted by atomic mass is 10.2. The first-order chi connectivity index (χ1) is 11.6. The van der Waals surface area contributed by atoms with Gasteiger partial charge in [-0.25, -0.2) is 0 Å². The summed E-state index contributed by atoms with van der Waals surface area (Å²) in [5, 5.41) is 15.3. The Balaban J connectivity index is 1.78. The molecule has 0 radical (unpaired) electrons. The standard InChI is InChI=1S/C17H14ClN3O3/c18-15-6-7-17(24-12-13-4-2-1-3-5-13)14(8-15)10-20-11-16(9-19-20)21(22)23/h1-9,11H,10,12H2. The Morgan fingerprint density at radius 3 is 2.71 bits per heavy atom. The second kappa shape index (κ2) is 7.14. The van der Waals surface area contributed by atoms with Crippen LogP contribution in [0.15, 0.2) is 60.9 Å². The summed E-state index contributed by atoms with van der Waals surface area (Å²) < 4.78 is 7.36. The summed E-state index contributed by atoms with van der Waals surface area (Å²) >= 11 is 6.06. The van der Waals surface area contributed by atoms with Crippen molar-refractivity contribution in [1.29, 1.82) is 0 Å². The molecule has 0 aliphatic carbocycles. The molecule has 0 amide bonds. The van der Waals surface area contributed by atoms with Gasteiger partial charge >= 0.3 is 5.69 Å². The first kappa shape index (κ1) is 16.0. The highest BCUT2D eigenvalue weighted by Gasteiger charge is 2.11. The molecule has 3 aromatic rings. The Hall–Kier alpha value is -2.86. The van der Waals surface area contributed by atoms with Gasteiger partial charge in [0, 0.05) is 10.6 Å². The van der Waals surface area contributed by atoms with Gasteiger partial charge < -0.3 is 4.74 Å². The topological polar surface area (TPSA) is 70.2 Å². The largest absolute Gasteiger partial charge is 0.489 e. The molecule has 0 fully saturated rings. The smallest absolute Gasteiger partial charge is 0.307 e. The van der Waals surface area contributed by atoms with Gasteiger partial charge in [-0.2, -0.15) is 5.10 Å². The average molecular weight is 344 g/mol. The Kier molecular flexibility index (Phi) is 4.77. The van der Waals surface area contributed by atoms with Crippen molar-refractivity contribution in [2.24, 2.45) is 0 Å². The Morgan fingerprint density at radius 2 is 2.00 bits per heavy atom. The first-order valence-corrected chi connectivity index (χ1v) is 7.61. The maximum Gasteiger partial charge on any atom is 0.307 e. The Labute approximate surface area is 143 Å². The van der Waals surface area contributed by atoms with Crippen LogP contribution in [0.25, 0.3) is 0 Å². The summed E-state index contributed by atoms with van der Waals surface area (Å²) in [6, 6.07) is 15.1. The summed E-state index contributed by atoms with van der Waals surface area (Å²) in [5.74, 6) is 0.668. The lowest BCUT2D eigenvalue weighted by molar-refractivity contribution is -0.385. The molecule has 6 nitrogen and oxygen atoms in total. The van der Waals surface area contributed by atoms with E-state index in [1.165, 1.54) is 17.1 Å². The molecular formula is C17H14ClN3O3. The molecule has 0 spiro atoms. The third kappa shape index (κ3) is 3.91. The van der Waals surface area contributed by atoms with Crippen LogP contribution < -0.4 is 4.74 Å².